The molecule has 0 aliphatic rings. The lowest BCUT2D eigenvalue weighted by molar-refractivity contribution is 0.0511. The molecule has 0 fully saturated rings. The van der Waals surface area contributed by atoms with Gasteiger partial charge in [0.2, 0.25) is 0 Å². The molecule has 0 saturated heterocycles. The second-order valence-corrected chi connectivity index (χ2v) is 3.11. The van der Waals surface area contributed by atoms with Gasteiger partial charge in [0.15, 0.2) is 10.9 Å². The van der Waals surface area contributed by atoms with Gasteiger partial charge >= 0.3 is 5.97 Å². The number of nitrogens with zero attached hydrogens (tertiary/aromatic N) is 1. The molecule has 0 aliphatic carbocycles. The highest BCUT2D eigenvalue weighted by atomic mass is 35.5. The van der Waals surface area contributed by atoms with E-state index >= 15 is 0 Å². The zero-order valence-corrected chi connectivity index (χ0v) is 8.96. The smallest absolute Gasteiger partial charge is 0.342 e. The van der Waals surface area contributed by atoms with E-state index in [4.69, 9.17) is 11.6 Å². The van der Waals surface area contributed by atoms with Crippen LogP contribution < -0.4 is 0 Å². The van der Waals surface area contributed by atoms with Crippen molar-refractivity contribution in [3.05, 3.63) is 22.5 Å². The molecule has 0 spiro atoms. The molecule has 0 aromatic carbocycles. The van der Waals surface area contributed by atoms with Gasteiger partial charge in [0.1, 0.15) is 5.56 Å². The Morgan fingerprint density at radius 2 is 2.31 bits per heavy atom. The van der Waals surface area contributed by atoms with Gasteiger partial charge in [-0.15, -0.1) is 0 Å². The molecule has 0 unspecified atom stereocenters. The summed E-state index contributed by atoms with van der Waals surface area (Å²) in [7, 11) is 0. The van der Waals surface area contributed by atoms with E-state index in [9.17, 15) is 18.7 Å². The molecule has 0 amide bonds. The highest BCUT2D eigenvalue weighted by Crippen LogP contribution is 2.33. The molecule has 1 aromatic rings. The summed E-state index contributed by atoms with van der Waals surface area (Å²) in [6, 6.07) is 0. The Bertz CT molecular complexity index is 412. The molecule has 0 aliphatic heterocycles. The number of alkyl halides is 2. The summed E-state index contributed by atoms with van der Waals surface area (Å²) in [6.45, 7) is 1.51. The molecule has 1 rings (SSSR count). The van der Waals surface area contributed by atoms with Crippen LogP contribution in [0.1, 0.15) is 29.3 Å². The van der Waals surface area contributed by atoms with Crippen molar-refractivity contribution < 1.29 is 23.4 Å². The molecule has 4 nitrogen and oxygen atoms in total. The van der Waals surface area contributed by atoms with E-state index in [1.165, 1.54) is 6.92 Å². The zero-order valence-electron chi connectivity index (χ0n) is 8.21. The van der Waals surface area contributed by atoms with Crippen LogP contribution in [-0.4, -0.2) is 22.7 Å². The number of pyridine rings is 1. The third-order valence-electron chi connectivity index (χ3n) is 1.75. The number of halogens is 3. The third kappa shape index (κ3) is 2.38. The number of ether oxygens (including phenoxy) is 1. The maximum atomic E-state index is 12.5. The van der Waals surface area contributed by atoms with Crippen molar-refractivity contribution in [1.29, 1.82) is 0 Å². The average Bonchev–Trinajstić information content (AvgIpc) is 2.21. The Morgan fingerprint density at radius 1 is 1.69 bits per heavy atom. The first kappa shape index (κ1) is 12.6. The van der Waals surface area contributed by atoms with Crippen LogP contribution >= 0.6 is 11.6 Å². The van der Waals surface area contributed by atoms with Crippen molar-refractivity contribution in [2.75, 3.05) is 6.61 Å². The first-order valence-electron chi connectivity index (χ1n) is 4.31. The summed E-state index contributed by atoms with van der Waals surface area (Å²) in [5.41, 5.74) is -1.35. The third-order valence-corrected chi connectivity index (χ3v) is 2.03. The van der Waals surface area contributed by atoms with Gasteiger partial charge in [0, 0.05) is 6.20 Å². The topological polar surface area (TPSA) is 59.4 Å². The SMILES string of the molecule is CCOC(=O)c1c(C(F)F)cnc(Cl)c1O. The van der Waals surface area contributed by atoms with Gasteiger partial charge in [0.05, 0.1) is 12.2 Å². The fourth-order valence-electron chi connectivity index (χ4n) is 1.08. The molecule has 0 bridgehead atoms. The first-order chi connectivity index (χ1) is 7.49. The molecule has 0 radical (unpaired) electrons. The molecular formula is C9H8ClF2NO3. The summed E-state index contributed by atoms with van der Waals surface area (Å²) in [5.74, 6) is -1.85. The number of rotatable bonds is 3. The fraction of sp³-hybridized carbons (Fsp3) is 0.333. The highest BCUT2D eigenvalue weighted by molar-refractivity contribution is 6.31. The maximum absolute atomic E-state index is 12.5. The minimum Gasteiger partial charge on any atom is -0.504 e. The Morgan fingerprint density at radius 3 is 2.81 bits per heavy atom. The van der Waals surface area contributed by atoms with Gasteiger partial charge < -0.3 is 9.84 Å². The quantitative estimate of drug-likeness (QED) is 0.662. The molecule has 0 saturated carbocycles. The fourth-order valence-corrected chi connectivity index (χ4v) is 1.22. The van der Waals surface area contributed by atoms with E-state index < -0.39 is 34.4 Å². The Balaban J connectivity index is 3.31. The average molecular weight is 252 g/mol. The normalized spacial score (nSPS) is 10.6. The van der Waals surface area contributed by atoms with Gasteiger partial charge in [-0.25, -0.2) is 18.6 Å². The van der Waals surface area contributed by atoms with Crippen LogP contribution in [0, 0.1) is 0 Å². The molecule has 0 atom stereocenters. The molecule has 1 aromatic heterocycles. The second-order valence-electron chi connectivity index (χ2n) is 2.75. The van der Waals surface area contributed by atoms with E-state index in [1.807, 2.05) is 0 Å². The van der Waals surface area contributed by atoms with Crippen LogP contribution in [0.3, 0.4) is 0 Å². The van der Waals surface area contributed by atoms with Crippen LogP contribution in [0.5, 0.6) is 5.75 Å². The minimum absolute atomic E-state index is 0.000886. The summed E-state index contributed by atoms with van der Waals surface area (Å²) in [6.07, 6.45) is -2.21. The van der Waals surface area contributed by atoms with E-state index in [-0.39, 0.29) is 6.61 Å². The highest BCUT2D eigenvalue weighted by Gasteiger charge is 2.25. The number of carbonyl (C=O) groups is 1. The molecule has 88 valence electrons. The first-order valence-corrected chi connectivity index (χ1v) is 4.69. The van der Waals surface area contributed by atoms with Gasteiger partial charge in [-0.2, -0.15) is 0 Å². The Hall–Kier alpha value is -1.43. The number of hydrogen-bond donors (Lipinski definition) is 1. The van der Waals surface area contributed by atoms with Crippen LogP contribution in [0.4, 0.5) is 8.78 Å². The number of hydrogen-bond acceptors (Lipinski definition) is 4. The molecular weight excluding hydrogens is 244 g/mol. The molecule has 1 heterocycles. The van der Waals surface area contributed by atoms with Gasteiger partial charge in [-0.05, 0) is 6.92 Å². The van der Waals surface area contributed by atoms with Crippen LogP contribution in [0.25, 0.3) is 0 Å². The Kier molecular flexibility index (Phi) is 4.00. The standard InChI is InChI=1S/C9H8ClF2NO3/c1-2-16-9(15)5-4(8(11)12)3-13-7(10)6(5)14/h3,8,14H,2H2,1H3. The van der Waals surface area contributed by atoms with Crippen molar-refractivity contribution >= 4 is 17.6 Å². The van der Waals surface area contributed by atoms with E-state index in [2.05, 4.69) is 9.72 Å². The van der Waals surface area contributed by atoms with Crippen molar-refractivity contribution in [2.45, 2.75) is 13.3 Å². The van der Waals surface area contributed by atoms with E-state index in [0.717, 1.165) is 6.20 Å². The Labute approximate surface area is 94.8 Å². The summed E-state index contributed by atoms with van der Waals surface area (Å²) < 4.78 is 29.6. The van der Waals surface area contributed by atoms with Crippen molar-refractivity contribution in [1.82, 2.24) is 4.98 Å². The van der Waals surface area contributed by atoms with Crippen molar-refractivity contribution in [3.63, 3.8) is 0 Å². The summed E-state index contributed by atoms with van der Waals surface area (Å²) >= 11 is 5.42. The summed E-state index contributed by atoms with van der Waals surface area (Å²) in [5, 5.41) is 8.97. The summed E-state index contributed by atoms with van der Waals surface area (Å²) in [4.78, 5) is 14.7. The maximum Gasteiger partial charge on any atom is 0.342 e. The molecule has 1 N–H and O–H groups in total. The van der Waals surface area contributed by atoms with Crippen LogP contribution in [0.15, 0.2) is 6.20 Å². The number of esters is 1. The number of aromatic hydroxyl groups is 1. The van der Waals surface area contributed by atoms with Gasteiger partial charge in [0.25, 0.3) is 6.43 Å². The van der Waals surface area contributed by atoms with Gasteiger partial charge in [-0.3, -0.25) is 0 Å². The van der Waals surface area contributed by atoms with Crippen LogP contribution in [-0.2, 0) is 4.74 Å². The van der Waals surface area contributed by atoms with Crippen molar-refractivity contribution in [2.24, 2.45) is 0 Å². The lowest BCUT2D eigenvalue weighted by Crippen LogP contribution is -2.09. The largest absolute Gasteiger partial charge is 0.504 e. The number of carbonyl (C=O) groups excluding carboxylic acids is 1. The molecule has 16 heavy (non-hydrogen) atoms. The van der Waals surface area contributed by atoms with E-state index in [1.54, 1.807) is 0 Å². The van der Waals surface area contributed by atoms with Gasteiger partial charge in [-0.1, -0.05) is 11.6 Å². The second kappa shape index (κ2) is 5.07. The number of aromatic nitrogens is 1. The van der Waals surface area contributed by atoms with Crippen molar-refractivity contribution in [3.8, 4) is 5.75 Å². The monoisotopic (exact) mass is 251 g/mol. The predicted molar refractivity (Wildman–Crippen MR) is 51.8 cm³/mol. The van der Waals surface area contributed by atoms with E-state index in [0.29, 0.717) is 0 Å². The zero-order chi connectivity index (χ0) is 12.3. The lowest BCUT2D eigenvalue weighted by Gasteiger charge is -2.10. The van der Waals surface area contributed by atoms with Crippen LogP contribution in [0.2, 0.25) is 5.15 Å². The lowest BCUT2D eigenvalue weighted by atomic mass is 10.1. The molecule has 7 heteroatoms. The minimum atomic E-state index is -2.95. The predicted octanol–water partition coefficient (Wildman–Crippen LogP) is 2.55.